The highest BCUT2D eigenvalue weighted by molar-refractivity contribution is 7.89. The van der Waals surface area contributed by atoms with E-state index in [1.54, 1.807) is 0 Å². The molecule has 21 heavy (non-hydrogen) atoms. The molecule has 0 aromatic heterocycles. The van der Waals surface area contributed by atoms with Gasteiger partial charge in [0.1, 0.15) is 5.54 Å². The van der Waals surface area contributed by atoms with Crippen LogP contribution in [-0.2, 0) is 26.0 Å². The summed E-state index contributed by atoms with van der Waals surface area (Å²) in [6, 6.07) is 4.26. The zero-order chi connectivity index (χ0) is 16.0. The maximum absolute atomic E-state index is 12.5. The molecule has 0 radical (unpaired) electrons. The monoisotopic (exact) mass is 312 g/mol. The van der Waals surface area contributed by atoms with Gasteiger partial charge in [0.2, 0.25) is 15.9 Å². The molecule has 0 spiro atoms. The zero-order valence-electron chi connectivity index (χ0n) is 11.9. The molecule has 0 bridgehead atoms. The second kappa shape index (κ2) is 4.81. The van der Waals surface area contributed by atoms with Gasteiger partial charge in [-0.1, -0.05) is 0 Å². The van der Waals surface area contributed by atoms with Crippen molar-refractivity contribution in [2.45, 2.75) is 30.7 Å². The van der Waals surface area contributed by atoms with Gasteiger partial charge >= 0.3 is 5.97 Å². The molecular formula is C13H16N2O5S. The largest absolute Gasteiger partial charge is 0.480 e. The molecule has 0 aliphatic carbocycles. The van der Waals surface area contributed by atoms with E-state index in [4.69, 9.17) is 5.11 Å². The van der Waals surface area contributed by atoms with Crippen molar-refractivity contribution in [1.82, 2.24) is 4.31 Å². The summed E-state index contributed by atoms with van der Waals surface area (Å²) in [6.07, 6.45) is 0.116. The van der Waals surface area contributed by atoms with Gasteiger partial charge in [0, 0.05) is 12.7 Å². The van der Waals surface area contributed by atoms with E-state index in [2.05, 4.69) is 5.32 Å². The molecule has 2 rings (SSSR count). The van der Waals surface area contributed by atoms with Gasteiger partial charge in [0.05, 0.1) is 11.3 Å². The number of sulfonamides is 1. The van der Waals surface area contributed by atoms with Crippen LogP contribution < -0.4 is 5.32 Å². The number of nitrogens with zero attached hydrogens (tertiary/aromatic N) is 1. The van der Waals surface area contributed by atoms with E-state index in [1.807, 2.05) is 0 Å². The molecule has 1 amide bonds. The number of nitrogens with one attached hydrogen (secondary N) is 1. The first-order chi connectivity index (χ1) is 9.56. The number of carbonyl (C=O) groups excluding carboxylic acids is 1. The Morgan fingerprint density at radius 1 is 1.38 bits per heavy atom. The summed E-state index contributed by atoms with van der Waals surface area (Å²) in [7, 11) is -2.75. The van der Waals surface area contributed by atoms with E-state index in [0.717, 1.165) is 4.31 Å². The molecule has 0 saturated heterocycles. The first-order valence-electron chi connectivity index (χ1n) is 6.22. The maximum Gasteiger partial charge on any atom is 0.324 e. The molecule has 1 heterocycles. The summed E-state index contributed by atoms with van der Waals surface area (Å²) in [4.78, 5) is 22.5. The lowest BCUT2D eigenvalue weighted by molar-refractivity contribution is -0.145. The fraction of sp³-hybridized carbons (Fsp3) is 0.385. The number of fused-ring (bicyclic) bond motifs is 1. The highest BCUT2D eigenvalue weighted by Gasteiger charge is 2.40. The zero-order valence-corrected chi connectivity index (χ0v) is 12.7. The lowest BCUT2D eigenvalue weighted by Gasteiger charge is -2.30. The summed E-state index contributed by atoms with van der Waals surface area (Å²) < 4.78 is 25.9. The Labute approximate surface area is 122 Å². The van der Waals surface area contributed by atoms with E-state index < -0.39 is 21.5 Å². The quantitative estimate of drug-likeness (QED) is 0.850. The molecule has 0 atom stereocenters. The predicted octanol–water partition coefficient (Wildman–Crippen LogP) is 0.665. The van der Waals surface area contributed by atoms with Crippen molar-refractivity contribution in [3.63, 3.8) is 0 Å². The van der Waals surface area contributed by atoms with Crippen LogP contribution in [0.2, 0.25) is 0 Å². The lowest BCUT2D eigenvalue weighted by Crippen LogP contribution is -2.50. The van der Waals surface area contributed by atoms with Crippen molar-refractivity contribution in [2.75, 3.05) is 12.4 Å². The third-order valence-electron chi connectivity index (χ3n) is 3.67. The van der Waals surface area contributed by atoms with Gasteiger partial charge in [-0.2, -0.15) is 4.31 Å². The summed E-state index contributed by atoms with van der Waals surface area (Å²) in [5, 5.41) is 11.8. The van der Waals surface area contributed by atoms with Gasteiger partial charge in [-0.05, 0) is 37.6 Å². The van der Waals surface area contributed by atoms with E-state index >= 15 is 0 Å². The summed E-state index contributed by atoms with van der Waals surface area (Å²) in [6.45, 7) is 2.62. The number of rotatable bonds is 4. The summed E-state index contributed by atoms with van der Waals surface area (Å²) in [5.41, 5.74) is -0.409. The van der Waals surface area contributed by atoms with Crippen LogP contribution in [0.25, 0.3) is 0 Å². The average Bonchev–Trinajstić information content (AvgIpc) is 2.76. The average molecular weight is 312 g/mol. The first-order valence-corrected chi connectivity index (χ1v) is 7.66. The van der Waals surface area contributed by atoms with E-state index in [-0.39, 0.29) is 17.2 Å². The van der Waals surface area contributed by atoms with Crippen LogP contribution in [0.1, 0.15) is 19.4 Å². The standard InChI is InChI=1S/C13H16N2O5S/c1-13(2,12(17)18)15(3)21(19,20)9-4-5-10-8(6-9)7-11(16)14-10/h4-6H,7H2,1-3H3,(H,14,16)(H,17,18). The summed E-state index contributed by atoms with van der Waals surface area (Å²) >= 11 is 0. The number of hydrogen-bond donors (Lipinski definition) is 2. The second-order valence-electron chi connectivity index (χ2n) is 5.38. The van der Waals surface area contributed by atoms with Crippen molar-refractivity contribution in [3.05, 3.63) is 23.8 Å². The van der Waals surface area contributed by atoms with Gasteiger partial charge in [-0.25, -0.2) is 8.42 Å². The normalized spacial score (nSPS) is 15.0. The maximum atomic E-state index is 12.5. The van der Waals surface area contributed by atoms with Crippen LogP contribution in [-0.4, -0.2) is 42.3 Å². The molecule has 1 aliphatic heterocycles. The Morgan fingerprint density at radius 3 is 2.57 bits per heavy atom. The van der Waals surface area contributed by atoms with Crippen LogP contribution >= 0.6 is 0 Å². The van der Waals surface area contributed by atoms with Crippen LogP contribution in [0.15, 0.2) is 23.1 Å². The SMILES string of the molecule is CN(C(C)(C)C(=O)O)S(=O)(=O)c1ccc2c(c1)CC(=O)N2. The van der Waals surface area contributed by atoms with Crippen LogP contribution in [0.3, 0.4) is 0 Å². The molecule has 8 heteroatoms. The number of carbonyl (C=O) groups is 2. The third kappa shape index (κ3) is 2.52. The Bertz CT molecular complexity index is 724. The van der Waals surface area contributed by atoms with Gasteiger partial charge < -0.3 is 10.4 Å². The molecule has 1 aromatic rings. The fourth-order valence-corrected chi connectivity index (χ4v) is 3.49. The molecule has 7 nitrogen and oxygen atoms in total. The van der Waals surface area contributed by atoms with Crippen molar-refractivity contribution in [2.24, 2.45) is 0 Å². The molecule has 0 fully saturated rings. The second-order valence-corrected chi connectivity index (χ2v) is 7.35. The fourth-order valence-electron chi connectivity index (χ4n) is 1.96. The minimum absolute atomic E-state index is 0.0328. The van der Waals surface area contributed by atoms with E-state index in [0.29, 0.717) is 11.3 Å². The number of benzene rings is 1. The summed E-state index contributed by atoms with van der Waals surface area (Å²) in [5.74, 6) is -1.44. The van der Waals surface area contributed by atoms with Gasteiger partial charge in [-0.3, -0.25) is 9.59 Å². The molecule has 2 N–H and O–H groups in total. The Kier molecular flexibility index (Phi) is 3.54. The molecule has 1 aliphatic rings. The number of anilines is 1. The van der Waals surface area contributed by atoms with E-state index in [1.165, 1.54) is 39.1 Å². The predicted molar refractivity (Wildman–Crippen MR) is 75.4 cm³/mol. The third-order valence-corrected chi connectivity index (χ3v) is 5.70. The molecule has 0 saturated carbocycles. The molecular weight excluding hydrogens is 296 g/mol. The Balaban J connectivity index is 2.44. The van der Waals surface area contributed by atoms with Crippen LogP contribution in [0.5, 0.6) is 0 Å². The number of aliphatic carboxylic acids is 1. The molecule has 1 aromatic carbocycles. The van der Waals surface area contributed by atoms with Crippen molar-refractivity contribution < 1.29 is 23.1 Å². The van der Waals surface area contributed by atoms with Gasteiger partial charge in [-0.15, -0.1) is 0 Å². The van der Waals surface area contributed by atoms with Crippen molar-refractivity contribution in [3.8, 4) is 0 Å². The molecule has 0 unspecified atom stereocenters. The van der Waals surface area contributed by atoms with Crippen molar-refractivity contribution in [1.29, 1.82) is 0 Å². The Hall–Kier alpha value is -1.93. The first kappa shape index (κ1) is 15.5. The topological polar surface area (TPSA) is 104 Å². The number of hydrogen-bond acceptors (Lipinski definition) is 4. The van der Waals surface area contributed by atoms with Crippen LogP contribution in [0.4, 0.5) is 5.69 Å². The number of amides is 1. The number of likely N-dealkylation sites (N-methyl/N-ethyl adjacent to an activating group) is 1. The lowest BCUT2D eigenvalue weighted by atomic mass is 10.1. The van der Waals surface area contributed by atoms with Gasteiger partial charge in [0.25, 0.3) is 0 Å². The smallest absolute Gasteiger partial charge is 0.324 e. The van der Waals surface area contributed by atoms with Gasteiger partial charge in [0.15, 0.2) is 0 Å². The number of carboxylic acid groups (broad SMARTS) is 1. The molecule has 114 valence electrons. The van der Waals surface area contributed by atoms with E-state index in [9.17, 15) is 18.0 Å². The highest BCUT2D eigenvalue weighted by atomic mass is 32.2. The number of carboxylic acids is 1. The minimum atomic E-state index is -3.97. The highest BCUT2D eigenvalue weighted by Crippen LogP contribution is 2.29. The minimum Gasteiger partial charge on any atom is -0.480 e. The van der Waals surface area contributed by atoms with Crippen molar-refractivity contribution >= 4 is 27.6 Å². The Morgan fingerprint density at radius 2 is 2.00 bits per heavy atom. The van der Waals surface area contributed by atoms with Crippen LogP contribution in [0, 0.1) is 0 Å².